The number of benzene rings is 2. The van der Waals surface area contributed by atoms with Crippen LogP contribution in [0.3, 0.4) is 0 Å². The highest BCUT2D eigenvalue weighted by atomic mass is 35.5. The number of sulfone groups is 1. The van der Waals surface area contributed by atoms with E-state index in [1.54, 1.807) is 34.9 Å². The predicted molar refractivity (Wildman–Crippen MR) is 112 cm³/mol. The smallest absolute Gasteiger partial charge is 0.249 e. The number of aromatic nitrogens is 1. The largest absolute Gasteiger partial charge is 0.303 e. The van der Waals surface area contributed by atoms with Gasteiger partial charge in [0.1, 0.15) is 0 Å². The first-order valence-electron chi connectivity index (χ1n) is 8.09. The second kappa shape index (κ2) is 8.50. The molecule has 2 aromatic carbocycles. The molecule has 28 heavy (non-hydrogen) atoms. The van der Waals surface area contributed by atoms with E-state index in [4.69, 9.17) is 29.6 Å². The first-order chi connectivity index (χ1) is 13.3. The molecule has 0 N–H and O–H groups in total. The minimum atomic E-state index is -3.56. The van der Waals surface area contributed by atoms with Gasteiger partial charge < -0.3 is 4.57 Å². The van der Waals surface area contributed by atoms with Gasteiger partial charge in [-0.05, 0) is 24.3 Å². The van der Waals surface area contributed by atoms with E-state index in [0.29, 0.717) is 20.4 Å². The lowest BCUT2D eigenvalue weighted by molar-refractivity contribution is -0.117. The molecule has 0 unspecified atom stereocenters. The normalized spacial score (nSPS) is 12.2. The summed E-state index contributed by atoms with van der Waals surface area (Å²) in [6.45, 7) is 0.162. The fourth-order valence-electron chi connectivity index (χ4n) is 2.58. The van der Waals surface area contributed by atoms with Gasteiger partial charge in [-0.2, -0.15) is 4.99 Å². The molecule has 0 saturated heterocycles. The third-order valence-electron chi connectivity index (χ3n) is 3.85. The molecule has 0 radical (unpaired) electrons. The summed E-state index contributed by atoms with van der Waals surface area (Å²) in [5.74, 6) is 1.62. The molecule has 0 aliphatic heterocycles. The summed E-state index contributed by atoms with van der Waals surface area (Å²) in [4.78, 5) is 16.9. The van der Waals surface area contributed by atoms with Crippen LogP contribution >= 0.6 is 34.5 Å². The van der Waals surface area contributed by atoms with Crippen LogP contribution in [0.4, 0.5) is 0 Å². The second-order valence-corrected chi connectivity index (χ2v) is 9.76. The summed E-state index contributed by atoms with van der Waals surface area (Å²) in [6.07, 6.45) is 5.19. The first-order valence-corrected chi connectivity index (χ1v) is 11.3. The molecule has 0 saturated carbocycles. The van der Waals surface area contributed by atoms with Crippen molar-refractivity contribution in [1.29, 1.82) is 0 Å². The molecule has 0 aliphatic rings. The van der Waals surface area contributed by atoms with Gasteiger partial charge in [0.25, 0.3) is 0 Å². The summed E-state index contributed by atoms with van der Waals surface area (Å²) in [5, 5.41) is 0.855. The Labute approximate surface area is 176 Å². The summed E-state index contributed by atoms with van der Waals surface area (Å²) < 4.78 is 27.0. The quantitative estimate of drug-likeness (QED) is 0.550. The molecule has 3 aromatic rings. The van der Waals surface area contributed by atoms with Gasteiger partial charge >= 0.3 is 0 Å². The maximum Gasteiger partial charge on any atom is 0.249 e. The number of halogens is 2. The zero-order chi connectivity index (χ0) is 20.3. The van der Waals surface area contributed by atoms with Crippen molar-refractivity contribution < 1.29 is 13.2 Å². The third kappa shape index (κ3) is 4.47. The number of fused-ring (bicyclic) bond motifs is 1. The fourth-order valence-corrected chi connectivity index (χ4v) is 5.66. The molecule has 0 bridgehead atoms. The lowest BCUT2D eigenvalue weighted by atomic mass is 10.3. The number of terminal acetylenes is 1. The Morgan fingerprint density at radius 3 is 2.61 bits per heavy atom. The van der Waals surface area contributed by atoms with E-state index >= 15 is 0 Å². The molecule has 9 heteroatoms. The maximum atomic E-state index is 12.3. The van der Waals surface area contributed by atoms with Crippen LogP contribution in [-0.4, -0.2) is 24.6 Å². The highest BCUT2D eigenvalue weighted by molar-refractivity contribution is 7.91. The molecule has 144 valence electrons. The molecule has 1 heterocycles. The zero-order valence-electron chi connectivity index (χ0n) is 14.4. The summed E-state index contributed by atoms with van der Waals surface area (Å²) in [7, 11) is -3.56. The fraction of sp³-hybridized carbons (Fsp3) is 0.158. The van der Waals surface area contributed by atoms with Gasteiger partial charge in [-0.15, -0.1) is 6.42 Å². The number of hydrogen-bond donors (Lipinski definition) is 0. The van der Waals surface area contributed by atoms with Crippen molar-refractivity contribution in [3.8, 4) is 12.3 Å². The highest BCUT2D eigenvalue weighted by Gasteiger charge is 2.17. The van der Waals surface area contributed by atoms with Crippen LogP contribution in [0.15, 0.2) is 52.4 Å². The molecule has 1 aromatic heterocycles. The summed E-state index contributed by atoms with van der Waals surface area (Å²) in [5.41, 5.74) is 0.637. The number of hydrogen-bond acceptors (Lipinski definition) is 4. The standard InChI is InChI=1S/C19H14Cl2N2O3S2/c1-2-9-23-18-15(21)11-13(20)12-16(18)27-19(23)22-17(24)8-10-28(25,26)14-6-4-3-5-7-14/h1,3-7,11-12H,8-10H2. The van der Waals surface area contributed by atoms with E-state index in [1.807, 2.05) is 0 Å². The Hall–Kier alpha value is -2.11. The van der Waals surface area contributed by atoms with Gasteiger partial charge in [0.05, 0.1) is 32.4 Å². The minimum Gasteiger partial charge on any atom is -0.303 e. The van der Waals surface area contributed by atoms with E-state index in [0.717, 1.165) is 4.70 Å². The van der Waals surface area contributed by atoms with Gasteiger partial charge in [0.2, 0.25) is 5.91 Å². The van der Waals surface area contributed by atoms with Crippen LogP contribution in [-0.2, 0) is 21.2 Å². The van der Waals surface area contributed by atoms with Gasteiger partial charge in [-0.3, -0.25) is 4.79 Å². The van der Waals surface area contributed by atoms with Crippen molar-refractivity contribution >= 4 is 60.5 Å². The molecule has 3 rings (SSSR count). The Bertz CT molecular complexity index is 1250. The molecule has 0 fully saturated rings. The zero-order valence-corrected chi connectivity index (χ0v) is 17.6. The maximum absolute atomic E-state index is 12.3. The Morgan fingerprint density at radius 1 is 1.21 bits per heavy atom. The molecule has 1 amide bonds. The number of amides is 1. The Kier molecular flexibility index (Phi) is 6.26. The number of carbonyl (C=O) groups is 1. The SMILES string of the molecule is C#CCn1c(=NC(=O)CCS(=O)(=O)c2ccccc2)sc2cc(Cl)cc(Cl)c21. The summed E-state index contributed by atoms with van der Waals surface area (Å²) >= 11 is 13.5. The third-order valence-corrected chi connectivity index (χ3v) is 7.12. The predicted octanol–water partition coefficient (Wildman–Crippen LogP) is 3.93. The number of rotatable bonds is 5. The van der Waals surface area contributed by atoms with Crippen molar-refractivity contribution in [2.75, 3.05) is 5.75 Å². The first kappa shape index (κ1) is 20.6. The van der Waals surface area contributed by atoms with Crippen molar-refractivity contribution in [2.45, 2.75) is 17.9 Å². The van der Waals surface area contributed by atoms with Gasteiger partial charge in [-0.25, -0.2) is 8.42 Å². The average Bonchev–Trinajstić information content (AvgIpc) is 2.98. The minimum absolute atomic E-state index is 0.162. The topological polar surface area (TPSA) is 68.5 Å². The van der Waals surface area contributed by atoms with Crippen molar-refractivity contribution in [3.05, 3.63) is 57.3 Å². The van der Waals surface area contributed by atoms with E-state index in [-0.39, 0.29) is 23.6 Å². The Morgan fingerprint density at radius 2 is 1.93 bits per heavy atom. The van der Waals surface area contributed by atoms with E-state index < -0.39 is 15.7 Å². The second-order valence-electron chi connectivity index (χ2n) is 5.80. The highest BCUT2D eigenvalue weighted by Crippen LogP contribution is 2.29. The van der Waals surface area contributed by atoms with Crippen LogP contribution in [0.25, 0.3) is 10.2 Å². The molecular formula is C19H14Cl2N2O3S2. The van der Waals surface area contributed by atoms with Crippen molar-refractivity contribution in [1.82, 2.24) is 4.57 Å². The molecule has 0 atom stereocenters. The van der Waals surface area contributed by atoms with Crippen LogP contribution in [0.1, 0.15) is 6.42 Å². The molecular weight excluding hydrogens is 439 g/mol. The van der Waals surface area contributed by atoms with Crippen LogP contribution in [0.2, 0.25) is 10.0 Å². The van der Waals surface area contributed by atoms with Crippen LogP contribution in [0, 0.1) is 12.3 Å². The monoisotopic (exact) mass is 452 g/mol. The number of thiazole rings is 1. The number of carbonyl (C=O) groups excluding carboxylic acids is 1. The van der Waals surface area contributed by atoms with E-state index in [9.17, 15) is 13.2 Å². The van der Waals surface area contributed by atoms with Gasteiger partial charge in [0, 0.05) is 11.4 Å². The van der Waals surface area contributed by atoms with Crippen molar-refractivity contribution in [3.63, 3.8) is 0 Å². The number of nitrogens with zero attached hydrogens (tertiary/aromatic N) is 2. The van der Waals surface area contributed by atoms with Gasteiger partial charge in [-0.1, -0.05) is 58.7 Å². The van der Waals surface area contributed by atoms with E-state index in [1.165, 1.54) is 23.5 Å². The molecule has 5 nitrogen and oxygen atoms in total. The lowest BCUT2D eigenvalue weighted by Gasteiger charge is -2.03. The molecule has 0 aliphatic carbocycles. The molecule has 0 spiro atoms. The summed E-state index contributed by atoms with van der Waals surface area (Å²) in [6, 6.07) is 11.3. The van der Waals surface area contributed by atoms with E-state index in [2.05, 4.69) is 10.9 Å². The Balaban J connectivity index is 1.92. The lowest BCUT2D eigenvalue weighted by Crippen LogP contribution is -2.18. The van der Waals surface area contributed by atoms with Crippen LogP contribution < -0.4 is 4.80 Å². The van der Waals surface area contributed by atoms with Crippen molar-refractivity contribution in [2.24, 2.45) is 4.99 Å². The average molecular weight is 453 g/mol. The van der Waals surface area contributed by atoms with Crippen LogP contribution in [0.5, 0.6) is 0 Å². The van der Waals surface area contributed by atoms with Gasteiger partial charge in [0.15, 0.2) is 14.6 Å².